The van der Waals surface area contributed by atoms with Crippen LogP contribution in [0.15, 0.2) is 194 Å². The average Bonchev–Trinajstić information content (AvgIpc) is 3.83. The Balaban J connectivity index is 1.18. The second-order valence-electron chi connectivity index (χ2n) is 15.5. The molecule has 0 bridgehead atoms. The molecule has 0 aliphatic rings. The van der Waals surface area contributed by atoms with Crippen molar-refractivity contribution < 1.29 is 0 Å². The molecule has 0 atom stereocenters. The maximum Gasteiger partial charge on any atom is 0.0998 e. The third-order valence-corrected chi connectivity index (χ3v) is 12.3. The first-order valence-corrected chi connectivity index (χ1v) is 20.1. The standard InChI is InChI=1S/C56H32N4/c57-33-37-29-48-47(55-45-25-13-15-35-27-43(31-49(51(35)45)53(37)55)59(39-17-5-1-6-18-39)40-19-7-2-8-20-40)30-38(34-58)54-50-32-44(28-36-16-14-26-46(52(36)50)56(48)54)60(41-21-9-3-10-22-41)42-23-11-4-12-24-42/h1-32H. The van der Waals surface area contributed by atoms with E-state index < -0.39 is 0 Å². The number of anilines is 6. The molecule has 12 aromatic rings. The van der Waals surface area contributed by atoms with E-state index in [1.165, 1.54) is 0 Å². The Labute approximate surface area is 345 Å². The monoisotopic (exact) mass is 760 g/mol. The van der Waals surface area contributed by atoms with Gasteiger partial charge in [-0.2, -0.15) is 10.5 Å². The molecule has 0 radical (unpaired) electrons. The van der Waals surface area contributed by atoms with E-state index in [1.807, 2.05) is 24.3 Å². The Hall–Kier alpha value is -8.44. The van der Waals surface area contributed by atoms with Crippen molar-refractivity contribution in [3.8, 4) is 12.1 Å². The maximum atomic E-state index is 11.1. The summed E-state index contributed by atoms with van der Waals surface area (Å²) in [5, 5.41) is 36.7. The fraction of sp³-hybridized carbons (Fsp3) is 0. The maximum absolute atomic E-state index is 11.1. The first-order valence-electron chi connectivity index (χ1n) is 20.1. The molecule has 0 unspecified atom stereocenters. The Bertz CT molecular complexity index is 3390. The number of benzene rings is 10. The smallest absolute Gasteiger partial charge is 0.0998 e. The molecular weight excluding hydrogens is 729 g/mol. The van der Waals surface area contributed by atoms with E-state index in [1.54, 1.807) is 0 Å². The SMILES string of the molecule is N#Cc1cc2c(cc(C#N)c3c4cc(N(c5ccccc5)c5ccccc5)cc5cccc(c54)c23)c2c3cccc4cc(N(c5ccccc5)c5ccccc5)cc(c12)c43. The Morgan fingerprint density at radius 1 is 0.267 bits per heavy atom. The van der Waals surface area contributed by atoms with Gasteiger partial charge < -0.3 is 9.80 Å². The van der Waals surface area contributed by atoms with Crippen LogP contribution in [0.5, 0.6) is 0 Å². The number of nitrogens with zero attached hydrogens (tertiary/aromatic N) is 4. The lowest BCUT2D eigenvalue weighted by Crippen LogP contribution is -2.09. The molecule has 0 heterocycles. The lowest BCUT2D eigenvalue weighted by Gasteiger charge is -2.26. The number of hydrogen-bond donors (Lipinski definition) is 0. The predicted molar refractivity (Wildman–Crippen MR) is 250 cm³/mol. The molecule has 0 amide bonds. The molecule has 12 rings (SSSR count). The molecule has 0 N–H and O–H groups in total. The van der Waals surface area contributed by atoms with Crippen molar-refractivity contribution >= 4 is 110 Å². The molecule has 4 nitrogen and oxygen atoms in total. The largest absolute Gasteiger partial charge is 0.310 e. The number of para-hydroxylation sites is 4. The van der Waals surface area contributed by atoms with E-state index in [2.05, 4.69) is 192 Å². The molecule has 12 aromatic carbocycles. The van der Waals surface area contributed by atoms with E-state index >= 15 is 0 Å². The summed E-state index contributed by atoms with van der Waals surface area (Å²) in [6.07, 6.45) is 0. The topological polar surface area (TPSA) is 54.1 Å². The van der Waals surface area contributed by atoms with Crippen LogP contribution in [0.2, 0.25) is 0 Å². The van der Waals surface area contributed by atoms with Crippen molar-refractivity contribution in [2.45, 2.75) is 0 Å². The van der Waals surface area contributed by atoms with Gasteiger partial charge >= 0.3 is 0 Å². The van der Waals surface area contributed by atoms with E-state index in [-0.39, 0.29) is 0 Å². The molecule has 0 spiro atoms. The summed E-state index contributed by atoms with van der Waals surface area (Å²) < 4.78 is 0. The zero-order chi connectivity index (χ0) is 39.9. The van der Waals surface area contributed by atoms with E-state index in [4.69, 9.17) is 0 Å². The van der Waals surface area contributed by atoms with Crippen LogP contribution in [0.3, 0.4) is 0 Å². The molecule has 276 valence electrons. The molecular formula is C56H32N4. The van der Waals surface area contributed by atoms with Crippen LogP contribution in [-0.2, 0) is 0 Å². The van der Waals surface area contributed by atoms with Gasteiger partial charge in [-0.1, -0.05) is 109 Å². The van der Waals surface area contributed by atoms with Gasteiger partial charge in [0.25, 0.3) is 0 Å². The summed E-state index contributed by atoms with van der Waals surface area (Å²) in [6.45, 7) is 0. The normalized spacial score (nSPS) is 11.6. The molecule has 0 saturated carbocycles. The van der Waals surface area contributed by atoms with Crippen LogP contribution in [0.4, 0.5) is 34.1 Å². The van der Waals surface area contributed by atoms with Gasteiger partial charge in [-0.3, -0.25) is 0 Å². The number of rotatable bonds is 6. The number of fused-ring (bicyclic) bond motifs is 9. The molecule has 0 fully saturated rings. The highest BCUT2D eigenvalue weighted by Crippen LogP contribution is 2.51. The second kappa shape index (κ2) is 13.0. The quantitative estimate of drug-likeness (QED) is 0.169. The molecule has 60 heavy (non-hydrogen) atoms. The van der Waals surface area contributed by atoms with Gasteiger partial charge in [-0.05, 0) is 150 Å². The minimum Gasteiger partial charge on any atom is -0.310 e. The third-order valence-electron chi connectivity index (χ3n) is 12.3. The van der Waals surface area contributed by atoms with Crippen LogP contribution in [0, 0.1) is 22.7 Å². The van der Waals surface area contributed by atoms with Crippen molar-refractivity contribution in [1.29, 1.82) is 10.5 Å². The lowest BCUT2D eigenvalue weighted by atomic mass is 9.93. The van der Waals surface area contributed by atoms with Crippen molar-refractivity contribution in [2.75, 3.05) is 9.80 Å². The summed E-state index contributed by atoms with van der Waals surface area (Å²) in [7, 11) is 0. The molecule has 0 aliphatic carbocycles. The fourth-order valence-corrected chi connectivity index (χ4v) is 9.93. The summed E-state index contributed by atoms with van der Waals surface area (Å²) in [6, 6.07) is 73.0. The minimum atomic E-state index is 0.619. The summed E-state index contributed by atoms with van der Waals surface area (Å²) in [4.78, 5) is 4.55. The molecule has 0 aromatic heterocycles. The molecule has 0 saturated heterocycles. The van der Waals surface area contributed by atoms with E-state index in [9.17, 15) is 10.5 Å². The van der Waals surface area contributed by atoms with Crippen LogP contribution >= 0.6 is 0 Å². The highest BCUT2D eigenvalue weighted by atomic mass is 15.1. The highest BCUT2D eigenvalue weighted by molar-refractivity contribution is 6.43. The Morgan fingerprint density at radius 3 is 0.950 bits per heavy atom. The van der Waals surface area contributed by atoms with E-state index in [0.717, 1.165) is 110 Å². The van der Waals surface area contributed by atoms with Gasteiger partial charge in [-0.15, -0.1) is 0 Å². The lowest BCUT2D eigenvalue weighted by molar-refractivity contribution is 1.29. The average molecular weight is 761 g/mol. The van der Waals surface area contributed by atoms with Gasteiger partial charge in [0, 0.05) is 44.9 Å². The minimum absolute atomic E-state index is 0.619. The zero-order valence-electron chi connectivity index (χ0n) is 32.3. The van der Waals surface area contributed by atoms with Crippen LogP contribution in [0.1, 0.15) is 11.1 Å². The summed E-state index contributed by atoms with van der Waals surface area (Å²) in [5.74, 6) is 0. The van der Waals surface area contributed by atoms with Crippen LogP contribution < -0.4 is 9.80 Å². The fourth-order valence-electron chi connectivity index (χ4n) is 9.93. The van der Waals surface area contributed by atoms with E-state index in [0.29, 0.717) is 11.1 Å². The Kier molecular flexibility index (Phi) is 7.32. The van der Waals surface area contributed by atoms with Crippen molar-refractivity contribution in [3.05, 3.63) is 205 Å². The second-order valence-corrected chi connectivity index (χ2v) is 15.5. The first-order chi connectivity index (χ1) is 29.7. The van der Waals surface area contributed by atoms with Crippen molar-refractivity contribution in [1.82, 2.24) is 0 Å². The summed E-state index contributed by atoms with van der Waals surface area (Å²) >= 11 is 0. The van der Waals surface area contributed by atoms with Gasteiger partial charge in [0.2, 0.25) is 0 Å². The van der Waals surface area contributed by atoms with Crippen molar-refractivity contribution in [2.24, 2.45) is 0 Å². The summed E-state index contributed by atoms with van der Waals surface area (Å²) in [5.41, 5.74) is 7.44. The molecule has 4 heteroatoms. The number of nitriles is 2. The zero-order valence-corrected chi connectivity index (χ0v) is 32.3. The van der Waals surface area contributed by atoms with Crippen LogP contribution in [0.25, 0.3) is 75.4 Å². The van der Waals surface area contributed by atoms with Gasteiger partial charge in [0.1, 0.15) is 0 Å². The number of hydrogen-bond acceptors (Lipinski definition) is 4. The highest BCUT2D eigenvalue weighted by Gasteiger charge is 2.25. The van der Waals surface area contributed by atoms with Gasteiger partial charge in [-0.25, -0.2) is 0 Å². The third kappa shape index (κ3) is 4.83. The predicted octanol–water partition coefficient (Wildman–Crippen LogP) is 15.3. The Morgan fingerprint density at radius 2 is 0.617 bits per heavy atom. The van der Waals surface area contributed by atoms with Crippen molar-refractivity contribution in [3.63, 3.8) is 0 Å². The van der Waals surface area contributed by atoms with Gasteiger partial charge in [0.05, 0.1) is 23.3 Å². The molecule has 0 aliphatic heterocycles. The first kappa shape index (κ1) is 33.7. The van der Waals surface area contributed by atoms with Crippen LogP contribution in [-0.4, -0.2) is 0 Å². The van der Waals surface area contributed by atoms with Gasteiger partial charge in [0.15, 0.2) is 0 Å².